The topological polar surface area (TPSA) is 55.1 Å². The Hall–Kier alpha value is -0.930. The minimum Gasteiger partial charge on any atom is -0.396 e. The number of halogens is 2. The zero-order valence-corrected chi connectivity index (χ0v) is 13.1. The van der Waals surface area contributed by atoms with Gasteiger partial charge < -0.3 is 11.1 Å². The Bertz CT molecular complexity index is 476. The van der Waals surface area contributed by atoms with Crippen LogP contribution in [0, 0.1) is 5.92 Å². The maximum Gasteiger partial charge on any atom is 0.251 e. The van der Waals surface area contributed by atoms with Crippen LogP contribution < -0.4 is 11.1 Å². The van der Waals surface area contributed by atoms with E-state index in [0.717, 1.165) is 0 Å². The molecule has 0 spiro atoms. The van der Waals surface area contributed by atoms with Gasteiger partial charge >= 0.3 is 0 Å². The van der Waals surface area contributed by atoms with E-state index >= 15 is 0 Å². The van der Waals surface area contributed by atoms with Crippen LogP contribution in [0.1, 0.15) is 49.4 Å². The van der Waals surface area contributed by atoms with Crippen LogP contribution >= 0.6 is 23.2 Å². The molecule has 0 saturated heterocycles. The van der Waals surface area contributed by atoms with Gasteiger partial charge in [0, 0.05) is 11.6 Å². The number of nitrogens with two attached hydrogens (primary N) is 1. The molecule has 3 N–H and O–H groups in total. The lowest BCUT2D eigenvalue weighted by atomic mass is 9.84. The lowest BCUT2D eigenvalue weighted by Gasteiger charge is -2.28. The number of carbonyl (C=O) groups excluding carboxylic acids is 1. The van der Waals surface area contributed by atoms with Crippen molar-refractivity contribution in [3.8, 4) is 0 Å². The van der Waals surface area contributed by atoms with Crippen LogP contribution in [-0.4, -0.2) is 11.9 Å². The molecule has 1 aromatic rings. The number of hydrogen-bond acceptors (Lipinski definition) is 2. The molecule has 1 amide bonds. The van der Waals surface area contributed by atoms with Gasteiger partial charge in [-0.25, -0.2) is 0 Å². The Morgan fingerprint density at radius 1 is 1.25 bits per heavy atom. The second kappa shape index (κ2) is 6.68. The third-order valence-corrected chi connectivity index (χ3v) is 4.68. The molecule has 20 heavy (non-hydrogen) atoms. The number of amides is 1. The van der Waals surface area contributed by atoms with Crippen LogP contribution in [0.3, 0.4) is 0 Å². The predicted molar refractivity (Wildman–Crippen MR) is 84.4 cm³/mol. The summed E-state index contributed by atoms with van der Waals surface area (Å²) in [6.07, 6.45) is 6.19. The van der Waals surface area contributed by atoms with Crippen LogP contribution in [-0.2, 0) is 0 Å². The van der Waals surface area contributed by atoms with Gasteiger partial charge in [0.25, 0.3) is 5.91 Å². The number of anilines is 1. The third-order valence-electron chi connectivity index (χ3n) is 4.06. The van der Waals surface area contributed by atoms with Gasteiger partial charge in [0.15, 0.2) is 0 Å². The van der Waals surface area contributed by atoms with Crippen molar-refractivity contribution < 1.29 is 4.79 Å². The maximum atomic E-state index is 12.2. The second-order valence-electron chi connectivity index (χ2n) is 5.51. The number of nitrogens with one attached hydrogen (secondary N) is 1. The number of hydrogen-bond donors (Lipinski definition) is 2. The maximum absolute atomic E-state index is 12.2. The molecule has 1 atom stereocenters. The molecule has 1 aromatic carbocycles. The summed E-state index contributed by atoms with van der Waals surface area (Å²) < 4.78 is 0. The van der Waals surface area contributed by atoms with Crippen molar-refractivity contribution in [3.05, 3.63) is 27.7 Å². The lowest BCUT2D eigenvalue weighted by molar-refractivity contribution is 0.0919. The molecule has 3 nitrogen and oxygen atoms in total. The Morgan fingerprint density at radius 3 is 2.35 bits per heavy atom. The molecule has 1 fully saturated rings. The van der Waals surface area contributed by atoms with E-state index in [1.165, 1.54) is 32.1 Å². The molecular weight excluding hydrogens is 295 g/mol. The SMILES string of the molecule is C[C@@H](NC(=O)c1cc(Cl)c(N)c(Cl)c1)C1CCCCC1. The summed E-state index contributed by atoms with van der Waals surface area (Å²) in [6, 6.07) is 3.29. The van der Waals surface area contributed by atoms with E-state index in [1.807, 2.05) is 0 Å². The standard InChI is InChI=1S/C15H20Cl2N2O/c1-9(10-5-3-2-4-6-10)19-15(20)11-7-12(16)14(18)13(17)8-11/h7-10H,2-6,18H2,1H3,(H,19,20)/t9-/m1/s1. The van der Waals surface area contributed by atoms with Crippen molar-refractivity contribution in [3.63, 3.8) is 0 Å². The first-order valence-corrected chi connectivity index (χ1v) is 7.80. The minimum atomic E-state index is -0.146. The molecule has 0 unspecified atom stereocenters. The smallest absolute Gasteiger partial charge is 0.251 e. The summed E-state index contributed by atoms with van der Waals surface area (Å²) >= 11 is 11.9. The fourth-order valence-corrected chi connectivity index (χ4v) is 3.24. The Labute approximate surface area is 129 Å². The summed E-state index contributed by atoms with van der Waals surface area (Å²) in [4.78, 5) is 12.2. The molecular formula is C15H20Cl2N2O. The van der Waals surface area contributed by atoms with E-state index in [0.29, 0.717) is 27.2 Å². The number of carbonyl (C=O) groups is 1. The van der Waals surface area contributed by atoms with Gasteiger partial charge in [0.1, 0.15) is 0 Å². The van der Waals surface area contributed by atoms with E-state index < -0.39 is 0 Å². The highest BCUT2D eigenvalue weighted by molar-refractivity contribution is 6.39. The van der Waals surface area contributed by atoms with Crippen molar-refractivity contribution in [2.75, 3.05) is 5.73 Å². The van der Waals surface area contributed by atoms with E-state index in [-0.39, 0.29) is 11.9 Å². The molecule has 5 heteroatoms. The highest BCUT2D eigenvalue weighted by atomic mass is 35.5. The third kappa shape index (κ3) is 3.58. The van der Waals surface area contributed by atoms with Gasteiger partial charge in [-0.1, -0.05) is 42.5 Å². The van der Waals surface area contributed by atoms with Gasteiger partial charge in [-0.15, -0.1) is 0 Å². The Balaban J connectivity index is 2.04. The molecule has 0 bridgehead atoms. The largest absolute Gasteiger partial charge is 0.396 e. The molecule has 0 heterocycles. The second-order valence-corrected chi connectivity index (χ2v) is 6.33. The van der Waals surface area contributed by atoms with Gasteiger partial charge in [-0.2, -0.15) is 0 Å². The fraction of sp³-hybridized carbons (Fsp3) is 0.533. The van der Waals surface area contributed by atoms with Crippen molar-refractivity contribution in [2.45, 2.75) is 45.1 Å². The zero-order chi connectivity index (χ0) is 14.7. The van der Waals surface area contributed by atoms with Crippen LogP contribution in [0.4, 0.5) is 5.69 Å². The number of benzene rings is 1. The fourth-order valence-electron chi connectivity index (χ4n) is 2.76. The number of nitrogen functional groups attached to an aromatic ring is 1. The van der Waals surface area contributed by atoms with Crippen LogP contribution in [0.2, 0.25) is 10.0 Å². The minimum absolute atomic E-state index is 0.146. The molecule has 0 radical (unpaired) electrons. The normalized spacial score (nSPS) is 17.8. The van der Waals surface area contributed by atoms with Crippen molar-refractivity contribution in [1.82, 2.24) is 5.32 Å². The molecule has 0 aliphatic heterocycles. The monoisotopic (exact) mass is 314 g/mol. The summed E-state index contributed by atoms with van der Waals surface area (Å²) in [5.41, 5.74) is 6.44. The van der Waals surface area contributed by atoms with E-state index in [9.17, 15) is 4.79 Å². The van der Waals surface area contributed by atoms with Crippen molar-refractivity contribution >= 4 is 34.8 Å². The van der Waals surface area contributed by atoms with Crippen molar-refractivity contribution in [2.24, 2.45) is 5.92 Å². The average Bonchev–Trinajstić information content (AvgIpc) is 2.45. The quantitative estimate of drug-likeness (QED) is 0.818. The van der Waals surface area contributed by atoms with E-state index in [4.69, 9.17) is 28.9 Å². The molecule has 1 aliphatic carbocycles. The first-order valence-electron chi connectivity index (χ1n) is 7.04. The summed E-state index contributed by atoms with van der Waals surface area (Å²) in [6.45, 7) is 2.06. The number of rotatable bonds is 3. The van der Waals surface area contributed by atoms with Crippen LogP contribution in [0.5, 0.6) is 0 Å². The average molecular weight is 315 g/mol. The van der Waals surface area contributed by atoms with Crippen molar-refractivity contribution in [1.29, 1.82) is 0 Å². The first-order chi connectivity index (χ1) is 9.49. The summed E-state index contributed by atoms with van der Waals surface area (Å²) in [5, 5.41) is 3.67. The molecule has 1 saturated carbocycles. The zero-order valence-electron chi connectivity index (χ0n) is 11.6. The van der Waals surface area contributed by atoms with Gasteiger partial charge in [-0.05, 0) is 37.8 Å². The van der Waals surface area contributed by atoms with Crippen LogP contribution in [0.25, 0.3) is 0 Å². The Morgan fingerprint density at radius 2 is 1.80 bits per heavy atom. The summed E-state index contributed by atoms with van der Waals surface area (Å²) in [5.74, 6) is 0.416. The van der Waals surface area contributed by atoms with E-state index in [1.54, 1.807) is 12.1 Å². The lowest BCUT2D eigenvalue weighted by Crippen LogP contribution is -2.38. The molecule has 110 valence electrons. The first kappa shape index (κ1) is 15.5. The molecule has 1 aliphatic rings. The van der Waals surface area contributed by atoms with Crippen LogP contribution in [0.15, 0.2) is 12.1 Å². The summed E-state index contributed by atoms with van der Waals surface area (Å²) in [7, 11) is 0. The van der Waals surface area contributed by atoms with E-state index in [2.05, 4.69) is 12.2 Å². The highest BCUT2D eigenvalue weighted by Crippen LogP contribution is 2.29. The highest BCUT2D eigenvalue weighted by Gasteiger charge is 2.22. The predicted octanol–water partition coefficient (Wildman–Crippen LogP) is 4.27. The molecule has 0 aromatic heterocycles. The Kier molecular flexibility index (Phi) is 5.17. The molecule has 2 rings (SSSR count). The van der Waals surface area contributed by atoms with Gasteiger partial charge in [0.05, 0.1) is 15.7 Å². The van der Waals surface area contributed by atoms with Gasteiger partial charge in [0.2, 0.25) is 0 Å². The van der Waals surface area contributed by atoms with Gasteiger partial charge in [-0.3, -0.25) is 4.79 Å².